The molecule has 1 amide bonds. The summed E-state index contributed by atoms with van der Waals surface area (Å²) in [6, 6.07) is 22.6. The highest BCUT2D eigenvalue weighted by atomic mass is 79.9. The van der Waals surface area contributed by atoms with E-state index in [1.54, 1.807) is 7.11 Å². The van der Waals surface area contributed by atoms with Crippen molar-refractivity contribution in [1.82, 2.24) is 9.88 Å². The van der Waals surface area contributed by atoms with Crippen LogP contribution in [0.4, 0.5) is 0 Å². The Labute approximate surface area is 250 Å². The monoisotopic (exact) mass is 612 g/mol. The molecule has 0 unspecified atom stereocenters. The molecule has 1 heterocycles. The third-order valence-electron chi connectivity index (χ3n) is 9.53. The van der Waals surface area contributed by atoms with Crippen molar-refractivity contribution in [3.63, 3.8) is 0 Å². The lowest BCUT2D eigenvalue weighted by Gasteiger charge is -2.56. The van der Waals surface area contributed by atoms with Crippen molar-refractivity contribution in [3.05, 3.63) is 94.1 Å². The maximum atomic E-state index is 13.6. The Kier molecular flexibility index (Phi) is 7.06. The van der Waals surface area contributed by atoms with Gasteiger partial charge in [0.1, 0.15) is 18.1 Å². The Bertz CT molecular complexity index is 1540. The molecule has 1 aromatic heterocycles. The highest BCUT2D eigenvalue weighted by molar-refractivity contribution is 9.10. The summed E-state index contributed by atoms with van der Waals surface area (Å²) in [5.74, 6) is 4.21. The van der Waals surface area contributed by atoms with Gasteiger partial charge in [-0.05, 0) is 115 Å². The molecule has 5 nitrogen and oxygen atoms in total. The van der Waals surface area contributed by atoms with E-state index in [9.17, 15) is 4.79 Å². The van der Waals surface area contributed by atoms with Gasteiger partial charge in [-0.2, -0.15) is 0 Å². The second-order valence-corrected chi connectivity index (χ2v) is 13.6. The van der Waals surface area contributed by atoms with E-state index in [0.29, 0.717) is 19.6 Å². The van der Waals surface area contributed by atoms with Crippen LogP contribution in [-0.4, -0.2) is 23.1 Å². The number of hydrogen-bond acceptors (Lipinski definition) is 3. The fourth-order valence-corrected chi connectivity index (χ4v) is 8.47. The van der Waals surface area contributed by atoms with Gasteiger partial charge in [0.2, 0.25) is 5.91 Å². The maximum Gasteiger partial charge on any atom is 0.224 e. The highest BCUT2D eigenvalue weighted by Crippen LogP contribution is 2.55. The summed E-state index contributed by atoms with van der Waals surface area (Å²) in [7, 11) is 1.69. The molecule has 4 aliphatic rings. The van der Waals surface area contributed by atoms with E-state index >= 15 is 0 Å². The third-order valence-corrected chi connectivity index (χ3v) is 10.1. The molecule has 0 saturated heterocycles. The summed E-state index contributed by atoms with van der Waals surface area (Å²) in [4.78, 5) is 13.6. The van der Waals surface area contributed by atoms with Crippen LogP contribution >= 0.6 is 15.9 Å². The predicted octanol–water partition coefficient (Wildman–Crippen LogP) is 7.67. The number of carbonyl (C=O) groups excluding carboxylic acids is 1. The van der Waals surface area contributed by atoms with Crippen LogP contribution in [0, 0.1) is 17.8 Å². The second kappa shape index (κ2) is 10.9. The first-order valence-electron chi connectivity index (χ1n) is 14.9. The molecule has 4 fully saturated rings. The first kappa shape index (κ1) is 26.6. The second-order valence-electron chi connectivity index (χ2n) is 12.7. The van der Waals surface area contributed by atoms with Gasteiger partial charge in [0.05, 0.1) is 13.5 Å². The van der Waals surface area contributed by atoms with Crippen molar-refractivity contribution < 1.29 is 14.3 Å². The Morgan fingerprint density at radius 2 is 1.66 bits per heavy atom. The molecular formula is C35H37BrN2O3. The van der Waals surface area contributed by atoms with Crippen molar-refractivity contribution in [2.75, 3.05) is 7.11 Å². The number of carbonyl (C=O) groups is 1. The van der Waals surface area contributed by atoms with E-state index in [1.807, 2.05) is 30.3 Å². The lowest BCUT2D eigenvalue weighted by Crippen LogP contribution is -2.60. The third kappa shape index (κ3) is 5.63. The van der Waals surface area contributed by atoms with E-state index in [1.165, 1.54) is 19.3 Å². The highest BCUT2D eigenvalue weighted by Gasteiger charge is 2.51. The number of nitrogens with zero attached hydrogens (tertiary/aromatic N) is 1. The molecule has 1 N–H and O–H groups in total. The summed E-state index contributed by atoms with van der Waals surface area (Å²) >= 11 is 3.50. The number of nitrogens with one attached hydrogen (secondary N) is 1. The smallest absolute Gasteiger partial charge is 0.224 e. The normalized spacial score (nSPS) is 24.5. The standard InChI is InChI=1S/C35H37BrN2O3/c1-40-30-4-2-3-24(14-30)20-38-21-28(15-34(39)37-35-17-25-11-26(18-35)13-27(12-25)19-35)32-16-31(9-10-33(32)38)41-22-23-5-7-29(36)8-6-23/h2-10,14,16,21,25-27H,11-13,15,17-20,22H2,1H3,(H,37,39). The molecule has 4 aliphatic carbocycles. The average molecular weight is 614 g/mol. The summed E-state index contributed by atoms with van der Waals surface area (Å²) < 4.78 is 15.0. The largest absolute Gasteiger partial charge is 0.497 e. The van der Waals surface area contributed by atoms with Crippen LogP contribution in [0.1, 0.15) is 55.2 Å². The zero-order valence-electron chi connectivity index (χ0n) is 23.6. The first-order chi connectivity index (χ1) is 19.9. The predicted molar refractivity (Wildman–Crippen MR) is 165 cm³/mol. The van der Waals surface area contributed by atoms with E-state index in [-0.39, 0.29) is 11.4 Å². The van der Waals surface area contributed by atoms with E-state index in [2.05, 4.69) is 68.4 Å². The van der Waals surface area contributed by atoms with Crippen molar-refractivity contribution in [2.45, 2.75) is 63.6 Å². The fraction of sp³-hybridized carbons (Fsp3) is 0.400. The first-order valence-corrected chi connectivity index (χ1v) is 15.7. The van der Waals surface area contributed by atoms with Gasteiger partial charge in [-0.15, -0.1) is 0 Å². The Morgan fingerprint density at radius 1 is 0.927 bits per heavy atom. The summed E-state index contributed by atoms with van der Waals surface area (Å²) in [5.41, 5.74) is 4.42. The van der Waals surface area contributed by atoms with Gasteiger partial charge in [0, 0.05) is 33.7 Å². The molecule has 0 spiro atoms. The lowest BCUT2D eigenvalue weighted by molar-refractivity contribution is -0.126. The molecule has 212 valence electrons. The minimum absolute atomic E-state index is 0.0176. The van der Waals surface area contributed by atoms with E-state index in [0.717, 1.165) is 80.6 Å². The molecule has 0 atom stereocenters. The summed E-state index contributed by atoms with van der Waals surface area (Å²) in [6.07, 6.45) is 10.1. The maximum absolute atomic E-state index is 13.6. The van der Waals surface area contributed by atoms with Gasteiger partial charge >= 0.3 is 0 Å². The van der Waals surface area contributed by atoms with Crippen LogP contribution in [0.2, 0.25) is 0 Å². The van der Waals surface area contributed by atoms with E-state index < -0.39 is 0 Å². The van der Waals surface area contributed by atoms with Crippen molar-refractivity contribution in [2.24, 2.45) is 17.8 Å². The van der Waals surface area contributed by atoms with Gasteiger partial charge in [-0.1, -0.05) is 40.2 Å². The molecule has 4 bridgehead atoms. The minimum Gasteiger partial charge on any atom is -0.497 e. The SMILES string of the molecule is COc1cccc(Cn2cc(CC(=O)NC34CC5CC(CC(C5)C3)C4)c3cc(OCc4ccc(Br)cc4)ccc32)c1. The molecule has 41 heavy (non-hydrogen) atoms. The Hall–Kier alpha value is -3.25. The number of hydrogen-bond donors (Lipinski definition) is 1. The number of fused-ring (bicyclic) bond motifs is 1. The minimum atomic E-state index is 0.0176. The lowest BCUT2D eigenvalue weighted by atomic mass is 9.53. The molecule has 6 heteroatoms. The molecule has 3 aromatic carbocycles. The van der Waals surface area contributed by atoms with Crippen LogP contribution in [0.5, 0.6) is 11.5 Å². The van der Waals surface area contributed by atoms with Crippen LogP contribution in [-0.2, 0) is 24.4 Å². The van der Waals surface area contributed by atoms with E-state index in [4.69, 9.17) is 9.47 Å². The molecular weight excluding hydrogens is 576 g/mol. The van der Waals surface area contributed by atoms with Crippen molar-refractivity contribution in [1.29, 1.82) is 0 Å². The molecule has 0 aliphatic heterocycles. The van der Waals surface area contributed by atoms with Gasteiger partial charge < -0.3 is 19.4 Å². The average Bonchev–Trinajstić information content (AvgIpc) is 3.27. The molecule has 4 aromatic rings. The molecule has 8 rings (SSSR count). The number of ether oxygens (including phenoxy) is 2. The van der Waals surface area contributed by atoms with Crippen LogP contribution in [0.25, 0.3) is 10.9 Å². The van der Waals surface area contributed by atoms with Gasteiger partial charge in [0.25, 0.3) is 0 Å². The number of halogens is 1. The van der Waals surface area contributed by atoms with Gasteiger partial charge in [-0.3, -0.25) is 4.79 Å². The number of benzene rings is 3. The van der Waals surface area contributed by atoms with Crippen LogP contribution in [0.15, 0.2) is 77.4 Å². The number of aromatic nitrogens is 1. The molecule has 0 radical (unpaired) electrons. The van der Waals surface area contributed by atoms with Gasteiger partial charge in [-0.25, -0.2) is 0 Å². The van der Waals surface area contributed by atoms with Gasteiger partial charge in [0.15, 0.2) is 0 Å². The fourth-order valence-electron chi connectivity index (χ4n) is 8.20. The summed E-state index contributed by atoms with van der Waals surface area (Å²) in [6.45, 7) is 1.19. The zero-order valence-corrected chi connectivity index (χ0v) is 25.2. The number of rotatable bonds is 9. The summed E-state index contributed by atoms with van der Waals surface area (Å²) in [5, 5.41) is 4.65. The number of methoxy groups -OCH3 is 1. The van der Waals surface area contributed by atoms with Crippen molar-refractivity contribution in [3.8, 4) is 11.5 Å². The van der Waals surface area contributed by atoms with Crippen LogP contribution in [0.3, 0.4) is 0 Å². The molecule has 4 saturated carbocycles. The zero-order chi connectivity index (χ0) is 28.0. The Morgan fingerprint density at radius 3 is 2.37 bits per heavy atom. The topological polar surface area (TPSA) is 52.5 Å². The van der Waals surface area contributed by atoms with Crippen LogP contribution < -0.4 is 14.8 Å². The Balaban J connectivity index is 1.15. The quantitative estimate of drug-likeness (QED) is 0.211. The van der Waals surface area contributed by atoms with Crippen molar-refractivity contribution >= 4 is 32.7 Å². The number of amides is 1.